The molecule has 9 aromatic rings. The lowest BCUT2D eigenvalue weighted by Gasteiger charge is -2.40. The van der Waals surface area contributed by atoms with E-state index in [0.717, 1.165) is 27.8 Å². The van der Waals surface area contributed by atoms with E-state index in [9.17, 15) is 0 Å². The van der Waals surface area contributed by atoms with Crippen molar-refractivity contribution in [1.29, 1.82) is 0 Å². The summed E-state index contributed by atoms with van der Waals surface area (Å²) in [5.74, 6) is 1.96. The molecule has 1 aliphatic carbocycles. The summed E-state index contributed by atoms with van der Waals surface area (Å²) in [6, 6.07) is 69.8. The van der Waals surface area contributed by atoms with Crippen LogP contribution in [0.5, 0.6) is 0 Å². The van der Waals surface area contributed by atoms with E-state index in [0.29, 0.717) is 17.5 Å². The van der Waals surface area contributed by atoms with Crippen molar-refractivity contribution in [3.05, 3.63) is 222 Å². The topological polar surface area (TPSA) is 38.7 Å². The Labute approximate surface area is 336 Å². The molecule has 1 spiro atoms. The van der Waals surface area contributed by atoms with E-state index in [-0.39, 0.29) is 0 Å². The quantitative estimate of drug-likeness (QED) is 0.176. The summed E-state index contributed by atoms with van der Waals surface area (Å²) < 4.78 is 0. The molecule has 8 aromatic carbocycles. The molecule has 1 aliphatic heterocycles. The van der Waals surface area contributed by atoms with Crippen LogP contribution in [0.25, 0.3) is 67.5 Å². The highest BCUT2D eigenvalue weighted by Gasteiger charge is 2.50. The van der Waals surface area contributed by atoms with Gasteiger partial charge in [0.05, 0.1) is 5.41 Å². The summed E-state index contributed by atoms with van der Waals surface area (Å²) in [5, 5.41) is 0. The fourth-order valence-corrected chi connectivity index (χ4v) is 10.1. The monoisotopic (exact) mass is 745 g/mol. The SMILES string of the molecule is Cc1ccc(-c2nc(-c3ccccc3)nc(-c3ccccc3)n2)cc1-c1cccc(-c2ccc3c(c2)C2(c4ccccc4S3)c3ccccc3-c3ccccc32)c1. The standard InChI is InChI=1S/C53H35N3S/c1-34-27-28-40(52-55-50(35-15-4-2-5-16-35)54-51(56-52)36-17-6-3-7-18-36)32-43(34)39-20-14-19-37(31-39)38-29-30-49-47(33-38)53(46-25-12-13-26-48(46)57-49)44-23-10-8-21-41(44)42-22-9-11-24-45(42)53/h2-33H,1H3. The van der Waals surface area contributed by atoms with Crippen LogP contribution in [0.2, 0.25) is 0 Å². The second kappa shape index (κ2) is 13.4. The summed E-state index contributed by atoms with van der Waals surface area (Å²) in [6.45, 7) is 2.18. The molecule has 1 aromatic heterocycles. The minimum absolute atomic E-state index is 0.412. The summed E-state index contributed by atoms with van der Waals surface area (Å²) in [7, 11) is 0. The third-order valence-corrected chi connectivity index (χ3v) is 12.7. The largest absolute Gasteiger partial charge is 0.208 e. The number of benzene rings is 8. The predicted octanol–water partition coefficient (Wildman–Crippen LogP) is 13.3. The van der Waals surface area contributed by atoms with Gasteiger partial charge in [0.1, 0.15) is 0 Å². The van der Waals surface area contributed by atoms with Crippen LogP contribution in [-0.4, -0.2) is 15.0 Å². The van der Waals surface area contributed by atoms with Crippen molar-refractivity contribution in [2.24, 2.45) is 0 Å². The molecule has 0 saturated carbocycles. The van der Waals surface area contributed by atoms with Gasteiger partial charge in [-0.25, -0.2) is 15.0 Å². The molecule has 268 valence electrons. The molecular weight excluding hydrogens is 711 g/mol. The molecule has 0 amide bonds. The van der Waals surface area contributed by atoms with Crippen LogP contribution in [0.15, 0.2) is 204 Å². The maximum atomic E-state index is 5.03. The van der Waals surface area contributed by atoms with Crippen molar-refractivity contribution in [3.8, 4) is 67.5 Å². The lowest BCUT2D eigenvalue weighted by atomic mass is 9.67. The average Bonchev–Trinajstić information content (AvgIpc) is 3.57. The Hall–Kier alpha value is -6.88. The van der Waals surface area contributed by atoms with Crippen LogP contribution in [0.1, 0.15) is 27.8 Å². The fourth-order valence-electron chi connectivity index (χ4n) is 8.91. The van der Waals surface area contributed by atoms with E-state index in [1.807, 2.05) is 72.4 Å². The minimum Gasteiger partial charge on any atom is -0.208 e. The summed E-state index contributed by atoms with van der Waals surface area (Å²) >= 11 is 1.88. The van der Waals surface area contributed by atoms with Crippen LogP contribution < -0.4 is 0 Å². The van der Waals surface area contributed by atoms with E-state index < -0.39 is 5.41 Å². The Kier molecular flexibility index (Phi) is 7.87. The summed E-state index contributed by atoms with van der Waals surface area (Å²) in [5.41, 5.74) is 16.3. The molecule has 57 heavy (non-hydrogen) atoms. The highest BCUT2D eigenvalue weighted by atomic mass is 32.2. The number of hydrogen-bond donors (Lipinski definition) is 0. The molecule has 2 aliphatic rings. The number of nitrogens with zero attached hydrogens (tertiary/aromatic N) is 3. The number of aryl methyl sites for hydroxylation is 1. The Bertz CT molecular complexity index is 2910. The van der Waals surface area contributed by atoms with Crippen molar-refractivity contribution in [3.63, 3.8) is 0 Å². The van der Waals surface area contributed by atoms with E-state index in [1.165, 1.54) is 59.9 Å². The van der Waals surface area contributed by atoms with Gasteiger partial charge in [0.15, 0.2) is 17.5 Å². The maximum absolute atomic E-state index is 5.03. The maximum Gasteiger partial charge on any atom is 0.164 e. The van der Waals surface area contributed by atoms with Crippen LogP contribution in [-0.2, 0) is 5.41 Å². The fraction of sp³-hybridized carbons (Fsp3) is 0.0377. The first-order valence-corrected chi connectivity index (χ1v) is 20.2. The molecule has 0 N–H and O–H groups in total. The highest BCUT2D eigenvalue weighted by molar-refractivity contribution is 7.99. The molecular formula is C53H35N3S. The van der Waals surface area contributed by atoms with Crippen molar-refractivity contribution in [1.82, 2.24) is 15.0 Å². The Balaban J connectivity index is 1.04. The van der Waals surface area contributed by atoms with Gasteiger partial charge in [0.2, 0.25) is 0 Å². The molecule has 0 unspecified atom stereocenters. The zero-order valence-corrected chi connectivity index (χ0v) is 32.0. The van der Waals surface area contributed by atoms with Crippen LogP contribution in [0.4, 0.5) is 0 Å². The molecule has 0 radical (unpaired) electrons. The molecule has 3 nitrogen and oxygen atoms in total. The van der Waals surface area contributed by atoms with Crippen LogP contribution in [0.3, 0.4) is 0 Å². The molecule has 0 saturated heterocycles. The summed E-state index contributed by atoms with van der Waals surface area (Å²) in [4.78, 5) is 17.6. The van der Waals surface area contributed by atoms with E-state index in [4.69, 9.17) is 15.0 Å². The van der Waals surface area contributed by atoms with Crippen molar-refractivity contribution >= 4 is 11.8 Å². The van der Waals surface area contributed by atoms with Gasteiger partial charge in [-0.1, -0.05) is 176 Å². The second-order valence-corrected chi connectivity index (χ2v) is 15.9. The third-order valence-electron chi connectivity index (χ3n) is 11.5. The Morgan fingerprint density at radius 1 is 0.333 bits per heavy atom. The summed E-state index contributed by atoms with van der Waals surface area (Å²) in [6.07, 6.45) is 0. The van der Waals surface area contributed by atoms with E-state index >= 15 is 0 Å². The van der Waals surface area contributed by atoms with Gasteiger partial charge in [-0.3, -0.25) is 0 Å². The molecule has 0 atom stereocenters. The van der Waals surface area contributed by atoms with Crippen molar-refractivity contribution in [2.45, 2.75) is 22.1 Å². The predicted molar refractivity (Wildman–Crippen MR) is 233 cm³/mol. The smallest absolute Gasteiger partial charge is 0.164 e. The Morgan fingerprint density at radius 2 is 0.825 bits per heavy atom. The van der Waals surface area contributed by atoms with Crippen LogP contribution >= 0.6 is 11.8 Å². The lowest BCUT2D eigenvalue weighted by molar-refractivity contribution is 0.723. The molecule has 2 heterocycles. The number of fused-ring (bicyclic) bond motifs is 9. The molecule has 11 rings (SSSR count). The van der Waals surface area contributed by atoms with Gasteiger partial charge in [-0.2, -0.15) is 0 Å². The van der Waals surface area contributed by atoms with Gasteiger partial charge in [-0.05, 0) is 98.5 Å². The third kappa shape index (κ3) is 5.40. The zero-order chi connectivity index (χ0) is 37.9. The van der Waals surface area contributed by atoms with Gasteiger partial charge >= 0.3 is 0 Å². The number of aromatic nitrogens is 3. The first-order valence-electron chi connectivity index (χ1n) is 19.4. The number of hydrogen-bond acceptors (Lipinski definition) is 4. The second-order valence-electron chi connectivity index (χ2n) is 14.8. The van der Waals surface area contributed by atoms with Crippen molar-refractivity contribution < 1.29 is 0 Å². The zero-order valence-electron chi connectivity index (χ0n) is 31.2. The molecule has 4 heteroatoms. The highest BCUT2D eigenvalue weighted by Crippen LogP contribution is 2.62. The van der Waals surface area contributed by atoms with Crippen LogP contribution in [0, 0.1) is 6.92 Å². The van der Waals surface area contributed by atoms with Gasteiger partial charge < -0.3 is 0 Å². The normalized spacial score (nSPS) is 13.1. The van der Waals surface area contributed by atoms with Gasteiger partial charge in [-0.15, -0.1) is 0 Å². The minimum atomic E-state index is -0.412. The van der Waals surface area contributed by atoms with E-state index in [2.05, 4.69) is 140 Å². The lowest BCUT2D eigenvalue weighted by Crippen LogP contribution is -2.32. The average molecular weight is 746 g/mol. The van der Waals surface area contributed by atoms with Gasteiger partial charge in [0, 0.05) is 26.5 Å². The van der Waals surface area contributed by atoms with E-state index in [1.54, 1.807) is 0 Å². The number of rotatable bonds is 5. The first-order chi connectivity index (χ1) is 28.1. The molecule has 0 bridgehead atoms. The van der Waals surface area contributed by atoms with Gasteiger partial charge in [0.25, 0.3) is 0 Å². The van der Waals surface area contributed by atoms with Crippen molar-refractivity contribution in [2.75, 3.05) is 0 Å². The Morgan fingerprint density at radius 3 is 1.49 bits per heavy atom. The first kappa shape index (κ1) is 33.5. The molecule has 0 fully saturated rings.